The summed E-state index contributed by atoms with van der Waals surface area (Å²) in [7, 11) is 0. The van der Waals surface area contributed by atoms with Gasteiger partial charge in [0.2, 0.25) is 5.91 Å². The zero-order chi connectivity index (χ0) is 14.4. The third kappa shape index (κ3) is 4.01. The van der Waals surface area contributed by atoms with Crippen LogP contribution in [0.5, 0.6) is 0 Å². The molecule has 2 rings (SSSR count). The second-order valence-corrected chi connectivity index (χ2v) is 5.28. The van der Waals surface area contributed by atoms with Gasteiger partial charge in [-0.1, -0.05) is 6.92 Å². The Balaban J connectivity index is 1.81. The molecular formula is C13H18BrN5O. The molecule has 6 nitrogen and oxygen atoms in total. The first-order valence-electron chi connectivity index (χ1n) is 6.65. The van der Waals surface area contributed by atoms with Gasteiger partial charge >= 0.3 is 0 Å². The van der Waals surface area contributed by atoms with E-state index in [1.54, 1.807) is 6.20 Å². The Kier molecular flexibility index (Phi) is 5.49. The Bertz CT molecular complexity index is 583. The maximum absolute atomic E-state index is 11.4. The highest BCUT2D eigenvalue weighted by atomic mass is 79.9. The molecule has 0 aromatic carbocycles. The van der Waals surface area contributed by atoms with Crippen LogP contribution in [-0.4, -0.2) is 33.4 Å². The van der Waals surface area contributed by atoms with Crippen molar-refractivity contribution < 1.29 is 4.79 Å². The molecule has 2 aromatic rings. The minimum atomic E-state index is 0.0874. The van der Waals surface area contributed by atoms with Crippen LogP contribution in [0.4, 0.5) is 0 Å². The number of hydrogen-bond donors (Lipinski definition) is 2. The van der Waals surface area contributed by atoms with E-state index in [1.165, 1.54) is 0 Å². The molecule has 0 aliphatic carbocycles. The molecule has 0 spiro atoms. The minimum absolute atomic E-state index is 0.0874. The van der Waals surface area contributed by atoms with E-state index in [9.17, 15) is 4.79 Å². The van der Waals surface area contributed by atoms with Crippen molar-refractivity contribution in [3.63, 3.8) is 0 Å². The number of fused-ring (bicyclic) bond motifs is 1. The van der Waals surface area contributed by atoms with Crippen molar-refractivity contribution in [1.29, 1.82) is 0 Å². The molecule has 0 atom stereocenters. The molecule has 20 heavy (non-hydrogen) atoms. The van der Waals surface area contributed by atoms with Crippen LogP contribution < -0.4 is 10.6 Å². The molecule has 1 amide bonds. The van der Waals surface area contributed by atoms with Gasteiger partial charge < -0.3 is 10.6 Å². The second kappa shape index (κ2) is 7.35. The first kappa shape index (κ1) is 14.9. The molecule has 0 saturated heterocycles. The summed E-state index contributed by atoms with van der Waals surface area (Å²) in [6, 6.07) is 0. The Labute approximate surface area is 126 Å². The number of aromatic nitrogens is 3. The van der Waals surface area contributed by atoms with Crippen LogP contribution in [0.3, 0.4) is 0 Å². The number of hydrogen-bond acceptors (Lipinski definition) is 4. The van der Waals surface area contributed by atoms with Gasteiger partial charge in [0.25, 0.3) is 0 Å². The lowest BCUT2D eigenvalue weighted by Gasteiger charge is -2.06. The highest BCUT2D eigenvalue weighted by Gasteiger charge is 2.04. The van der Waals surface area contributed by atoms with Gasteiger partial charge in [0.05, 0.1) is 18.1 Å². The Morgan fingerprint density at radius 1 is 1.35 bits per heavy atom. The summed E-state index contributed by atoms with van der Waals surface area (Å²) in [6.07, 6.45) is 6.86. The Hall–Kier alpha value is -1.47. The smallest absolute Gasteiger partial charge is 0.221 e. The average Bonchev–Trinajstić information content (AvgIpc) is 2.83. The standard InChI is InChI=1S/C13H18BrN5O/c1-2-4-16-13(20)3-5-15-6-10-7-18-12-8-17-11(14)9-19(10)12/h7-9,15H,2-6H2,1H3,(H,16,20). The van der Waals surface area contributed by atoms with Gasteiger partial charge in [0, 0.05) is 32.3 Å². The van der Waals surface area contributed by atoms with Crippen LogP contribution in [0.25, 0.3) is 5.65 Å². The highest BCUT2D eigenvalue weighted by Crippen LogP contribution is 2.10. The van der Waals surface area contributed by atoms with Crippen molar-refractivity contribution >= 4 is 27.5 Å². The normalized spacial score (nSPS) is 10.9. The quantitative estimate of drug-likeness (QED) is 0.750. The lowest BCUT2D eigenvalue weighted by molar-refractivity contribution is -0.120. The van der Waals surface area contributed by atoms with Crippen LogP contribution in [0.15, 0.2) is 23.2 Å². The molecule has 0 unspecified atom stereocenters. The van der Waals surface area contributed by atoms with Crippen molar-refractivity contribution in [2.24, 2.45) is 0 Å². The summed E-state index contributed by atoms with van der Waals surface area (Å²) in [6.45, 7) is 4.09. The zero-order valence-corrected chi connectivity index (χ0v) is 13.0. The molecule has 0 aliphatic rings. The maximum atomic E-state index is 11.4. The van der Waals surface area contributed by atoms with E-state index in [0.29, 0.717) is 19.5 Å². The topological polar surface area (TPSA) is 71.3 Å². The molecule has 2 N–H and O–H groups in total. The number of nitrogens with one attached hydrogen (secondary N) is 2. The zero-order valence-electron chi connectivity index (χ0n) is 11.4. The van der Waals surface area contributed by atoms with Crippen molar-refractivity contribution in [2.75, 3.05) is 13.1 Å². The van der Waals surface area contributed by atoms with E-state index in [0.717, 1.165) is 28.9 Å². The molecule has 0 aliphatic heterocycles. The van der Waals surface area contributed by atoms with Crippen LogP contribution >= 0.6 is 15.9 Å². The molecule has 0 saturated carbocycles. The monoisotopic (exact) mass is 339 g/mol. The maximum Gasteiger partial charge on any atom is 0.221 e. The third-order valence-corrected chi connectivity index (χ3v) is 3.26. The summed E-state index contributed by atoms with van der Waals surface area (Å²) in [4.78, 5) is 19.8. The van der Waals surface area contributed by atoms with Crippen LogP contribution in [0.2, 0.25) is 0 Å². The number of imidazole rings is 1. The largest absolute Gasteiger partial charge is 0.356 e. The van der Waals surface area contributed by atoms with E-state index in [-0.39, 0.29) is 5.91 Å². The van der Waals surface area contributed by atoms with Crippen molar-refractivity contribution in [3.8, 4) is 0 Å². The Morgan fingerprint density at radius 3 is 3.00 bits per heavy atom. The van der Waals surface area contributed by atoms with E-state index < -0.39 is 0 Å². The van der Waals surface area contributed by atoms with E-state index in [4.69, 9.17) is 0 Å². The van der Waals surface area contributed by atoms with Gasteiger partial charge in [-0.05, 0) is 22.4 Å². The van der Waals surface area contributed by atoms with Crippen molar-refractivity contribution in [2.45, 2.75) is 26.3 Å². The molecule has 0 fully saturated rings. The molecular weight excluding hydrogens is 322 g/mol. The summed E-state index contributed by atoms with van der Waals surface area (Å²) >= 11 is 3.34. The van der Waals surface area contributed by atoms with Crippen LogP contribution in [0, 0.1) is 0 Å². The fourth-order valence-electron chi connectivity index (χ4n) is 1.82. The number of carbonyl (C=O) groups is 1. The number of rotatable bonds is 7. The van der Waals surface area contributed by atoms with Gasteiger partial charge in [-0.3, -0.25) is 9.20 Å². The van der Waals surface area contributed by atoms with Gasteiger partial charge in [0.15, 0.2) is 5.65 Å². The molecule has 0 radical (unpaired) electrons. The number of amides is 1. The summed E-state index contributed by atoms with van der Waals surface area (Å²) in [5.41, 5.74) is 1.85. The molecule has 2 heterocycles. The predicted octanol–water partition coefficient (Wildman–Crippen LogP) is 1.50. The molecule has 2 aromatic heterocycles. The fraction of sp³-hybridized carbons (Fsp3) is 0.462. The van der Waals surface area contributed by atoms with Crippen molar-refractivity contribution in [1.82, 2.24) is 25.0 Å². The summed E-state index contributed by atoms with van der Waals surface area (Å²) in [5.74, 6) is 0.0874. The van der Waals surface area contributed by atoms with Crippen LogP contribution in [-0.2, 0) is 11.3 Å². The average molecular weight is 340 g/mol. The molecule has 7 heteroatoms. The minimum Gasteiger partial charge on any atom is -0.356 e. The number of halogens is 1. The second-order valence-electron chi connectivity index (χ2n) is 4.46. The molecule has 108 valence electrons. The van der Waals surface area contributed by atoms with E-state index in [1.807, 2.05) is 23.7 Å². The fourth-order valence-corrected chi connectivity index (χ4v) is 2.13. The van der Waals surface area contributed by atoms with Gasteiger partial charge in [-0.15, -0.1) is 0 Å². The lowest BCUT2D eigenvalue weighted by Crippen LogP contribution is -2.28. The first-order chi connectivity index (χ1) is 9.70. The predicted molar refractivity (Wildman–Crippen MR) is 80.3 cm³/mol. The molecule has 0 bridgehead atoms. The van der Waals surface area contributed by atoms with Crippen molar-refractivity contribution in [3.05, 3.63) is 28.9 Å². The summed E-state index contributed by atoms with van der Waals surface area (Å²) < 4.78 is 2.74. The third-order valence-electron chi connectivity index (χ3n) is 2.85. The van der Waals surface area contributed by atoms with Gasteiger partial charge in [-0.2, -0.15) is 0 Å². The lowest BCUT2D eigenvalue weighted by atomic mass is 10.3. The first-order valence-corrected chi connectivity index (χ1v) is 7.45. The van der Waals surface area contributed by atoms with Gasteiger partial charge in [0.1, 0.15) is 4.60 Å². The Morgan fingerprint density at radius 2 is 2.20 bits per heavy atom. The number of nitrogens with zero attached hydrogens (tertiary/aromatic N) is 3. The van der Waals surface area contributed by atoms with Gasteiger partial charge in [-0.25, -0.2) is 9.97 Å². The highest BCUT2D eigenvalue weighted by molar-refractivity contribution is 9.10. The SMILES string of the molecule is CCCNC(=O)CCNCc1cnc2cnc(Br)cn12. The van der Waals surface area contributed by atoms with E-state index in [2.05, 4.69) is 36.5 Å². The summed E-state index contributed by atoms with van der Waals surface area (Å²) in [5, 5.41) is 6.10. The van der Waals surface area contributed by atoms with Crippen LogP contribution in [0.1, 0.15) is 25.5 Å². The van der Waals surface area contributed by atoms with E-state index >= 15 is 0 Å². The number of carbonyl (C=O) groups excluding carboxylic acids is 1.